The van der Waals surface area contributed by atoms with Crippen molar-refractivity contribution in [3.05, 3.63) is 35.9 Å². The Hall–Kier alpha value is -1.31. The van der Waals surface area contributed by atoms with E-state index in [1.54, 1.807) is 6.92 Å². The van der Waals surface area contributed by atoms with E-state index in [-0.39, 0.29) is 5.91 Å². The third kappa shape index (κ3) is 3.58. The molecular formula is C15H21NO. The molecule has 0 aliphatic heterocycles. The van der Waals surface area contributed by atoms with Gasteiger partial charge in [-0.1, -0.05) is 43.2 Å². The van der Waals surface area contributed by atoms with E-state index in [1.165, 1.54) is 24.8 Å². The van der Waals surface area contributed by atoms with E-state index in [9.17, 15) is 4.79 Å². The van der Waals surface area contributed by atoms with Gasteiger partial charge in [-0.2, -0.15) is 0 Å². The number of carbonyl (C=O) groups excluding carboxylic acids is 1. The Morgan fingerprint density at radius 1 is 1.24 bits per heavy atom. The number of rotatable bonds is 3. The first-order valence-corrected chi connectivity index (χ1v) is 6.57. The van der Waals surface area contributed by atoms with Crippen LogP contribution in [0.4, 0.5) is 0 Å². The molecule has 2 rings (SSSR count). The van der Waals surface area contributed by atoms with E-state index in [2.05, 4.69) is 35.6 Å². The topological polar surface area (TPSA) is 29.1 Å². The molecular weight excluding hydrogens is 210 g/mol. The molecule has 0 bridgehead atoms. The van der Waals surface area contributed by atoms with Gasteiger partial charge in [0.05, 0.1) is 0 Å². The van der Waals surface area contributed by atoms with Crippen molar-refractivity contribution in [3.63, 3.8) is 0 Å². The lowest BCUT2D eigenvalue weighted by Crippen LogP contribution is -2.41. The van der Waals surface area contributed by atoms with Crippen molar-refractivity contribution in [3.8, 4) is 0 Å². The minimum atomic E-state index is 0.106. The first-order valence-electron chi connectivity index (χ1n) is 6.57. The van der Waals surface area contributed by atoms with Gasteiger partial charge in [-0.05, 0) is 30.7 Å². The molecule has 1 aromatic rings. The van der Waals surface area contributed by atoms with E-state index in [0.717, 1.165) is 12.8 Å². The SMILES string of the molecule is CC(=O)N[C@H]1CCCC[C@H]1Cc1ccccc1. The number of hydrogen-bond donors (Lipinski definition) is 1. The second-order valence-electron chi connectivity index (χ2n) is 5.04. The molecule has 1 N–H and O–H groups in total. The standard InChI is InChI=1S/C15H21NO/c1-12(17)16-15-10-6-5-9-14(15)11-13-7-3-2-4-8-13/h2-4,7-8,14-15H,5-6,9-11H2,1H3,(H,16,17)/t14-,15-/m0/s1. The lowest BCUT2D eigenvalue weighted by Gasteiger charge is -2.32. The molecule has 1 aliphatic carbocycles. The summed E-state index contributed by atoms with van der Waals surface area (Å²) < 4.78 is 0. The van der Waals surface area contributed by atoms with Crippen molar-refractivity contribution < 1.29 is 4.79 Å². The van der Waals surface area contributed by atoms with Gasteiger partial charge in [0.1, 0.15) is 0 Å². The molecule has 1 amide bonds. The highest BCUT2D eigenvalue weighted by Crippen LogP contribution is 2.27. The van der Waals surface area contributed by atoms with Crippen molar-refractivity contribution in [2.75, 3.05) is 0 Å². The van der Waals surface area contributed by atoms with Gasteiger partial charge in [0.25, 0.3) is 0 Å². The minimum absolute atomic E-state index is 0.106. The third-order valence-corrected chi connectivity index (χ3v) is 3.64. The Kier molecular flexibility index (Phi) is 4.18. The lowest BCUT2D eigenvalue weighted by atomic mass is 9.80. The second-order valence-corrected chi connectivity index (χ2v) is 5.04. The van der Waals surface area contributed by atoms with Gasteiger partial charge in [-0.15, -0.1) is 0 Å². The molecule has 2 nitrogen and oxygen atoms in total. The van der Waals surface area contributed by atoms with Gasteiger partial charge in [-0.3, -0.25) is 4.79 Å². The normalized spacial score (nSPS) is 24.3. The summed E-state index contributed by atoms with van der Waals surface area (Å²) in [6, 6.07) is 11.0. The Morgan fingerprint density at radius 3 is 2.65 bits per heavy atom. The van der Waals surface area contributed by atoms with Crippen LogP contribution in [0.1, 0.15) is 38.2 Å². The molecule has 2 heteroatoms. The van der Waals surface area contributed by atoms with Crippen LogP contribution in [-0.2, 0) is 11.2 Å². The number of carbonyl (C=O) groups is 1. The van der Waals surface area contributed by atoms with Crippen LogP contribution in [-0.4, -0.2) is 11.9 Å². The van der Waals surface area contributed by atoms with Gasteiger partial charge in [0, 0.05) is 13.0 Å². The molecule has 92 valence electrons. The Labute approximate surface area is 103 Å². The summed E-state index contributed by atoms with van der Waals surface area (Å²) in [7, 11) is 0. The van der Waals surface area contributed by atoms with Crippen LogP contribution in [0.15, 0.2) is 30.3 Å². The molecule has 1 fully saturated rings. The minimum Gasteiger partial charge on any atom is -0.353 e. The summed E-state index contributed by atoms with van der Waals surface area (Å²) in [5.74, 6) is 0.713. The van der Waals surface area contributed by atoms with Crippen LogP contribution in [0.25, 0.3) is 0 Å². The lowest BCUT2D eigenvalue weighted by molar-refractivity contribution is -0.120. The van der Waals surface area contributed by atoms with Crippen LogP contribution in [0.5, 0.6) is 0 Å². The van der Waals surface area contributed by atoms with E-state index in [4.69, 9.17) is 0 Å². The monoisotopic (exact) mass is 231 g/mol. The quantitative estimate of drug-likeness (QED) is 0.851. The molecule has 1 aromatic carbocycles. The molecule has 0 aromatic heterocycles. The van der Waals surface area contributed by atoms with E-state index in [1.807, 2.05) is 0 Å². The van der Waals surface area contributed by atoms with Crippen molar-refractivity contribution in [1.29, 1.82) is 0 Å². The van der Waals surface area contributed by atoms with Crippen LogP contribution in [0.2, 0.25) is 0 Å². The van der Waals surface area contributed by atoms with Gasteiger partial charge >= 0.3 is 0 Å². The Morgan fingerprint density at radius 2 is 1.94 bits per heavy atom. The maximum absolute atomic E-state index is 11.2. The van der Waals surface area contributed by atoms with Gasteiger partial charge < -0.3 is 5.32 Å². The number of hydrogen-bond acceptors (Lipinski definition) is 1. The molecule has 0 heterocycles. The van der Waals surface area contributed by atoms with Gasteiger partial charge in [0.15, 0.2) is 0 Å². The molecule has 1 saturated carbocycles. The van der Waals surface area contributed by atoms with Crippen molar-refractivity contribution in [2.24, 2.45) is 5.92 Å². The van der Waals surface area contributed by atoms with Gasteiger partial charge in [-0.25, -0.2) is 0 Å². The summed E-state index contributed by atoms with van der Waals surface area (Å²) in [4.78, 5) is 11.2. The molecule has 2 atom stereocenters. The molecule has 0 saturated heterocycles. The summed E-state index contributed by atoms with van der Waals surface area (Å²) in [6.07, 6.45) is 6.01. The number of amides is 1. The van der Waals surface area contributed by atoms with Crippen LogP contribution in [0.3, 0.4) is 0 Å². The first-order chi connectivity index (χ1) is 8.25. The van der Waals surface area contributed by atoms with Crippen LogP contribution < -0.4 is 5.32 Å². The molecule has 1 aliphatic rings. The van der Waals surface area contributed by atoms with Crippen LogP contribution >= 0.6 is 0 Å². The summed E-state index contributed by atoms with van der Waals surface area (Å²) in [5.41, 5.74) is 1.38. The predicted octanol–water partition coefficient (Wildman–Crippen LogP) is 2.92. The highest BCUT2D eigenvalue weighted by molar-refractivity contribution is 5.73. The summed E-state index contributed by atoms with van der Waals surface area (Å²) in [5, 5.41) is 3.11. The Balaban J connectivity index is 1.99. The predicted molar refractivity (Wildman–Crippen MR) is 69.7 cm³/mol. The van der Waals surface area contributed by atoms with Crippen molar-refractivity contribution >= 4 is 5.91 Å². The molecule has 17 heavy (non-hydrogen) atoms. The zero-order valence-corrected chi connectivity index (χ0v) is 10.5. The molecule has 0 radical (unpaired) electrons. The second kappa shape index (κ2) is 5.85. The highest BCUT2D eigenvalue weighted by atomic mass is 16.1. The highest BCUT2D eigenvalue weighted by Gasteiger charge is 2.25. The maximum atomic E-state index is 11.2. The van der Waals surface area contributed by atoms with E-state index in [0.29, 0.717) is 12.0 Å². The zero-order valence-electron chi connectivity index (χ0n) is 10.5. The van der Waals surface area contributed by atoms with E-state index < -0.39 is 0 Å². The average molecular weight is 231 g/mol. The third-order valence-electron chi connectivity index (χ3n) is 3.64. The average Bonchev–Trinajstić information content (AvgIpc) is 2.32. The fourth-order valence-corrected chi connectivity index (χ4v) is 2.82. The van der Waals surface area contributed by atoms with Crippen LogP contribution in [0, 0.1) is 5.92 Å². The van der Waals surface area contributed by atoms with E-state index >= 15 is 0 Å². The number of benzene rings is 1. The van der Waals surface area contributed by atoms with Crippen molar-refractivity contribution in [2.45, 2.75) is 45.1 Å². The van der Waals surface area contributed by atoms with Crippen molar-refractivity contribution in [1.82, 2.24) is 5.32 Å². The van der Waals surface area contributed by atoms with Gasteiger partial charge in [0.2, 0.25) is 5.91 Å². The largest absolute Gasteiger partial charge is 0.353 e. The zero-order chi connectivity index (χ0) is 12.1. The smallest absolute Gasteiger partial charge is 0.217 e. The maximum Gasteiger partial charge on any atom is 0.217 e. The summed E-state index contributed by atoms with van der Waals surface area (Å²) in [6.45, 7) is 1.62. The fraction of sp³-hybridized carbons (Fsp3) is 0.533. The first kappa shape index (κ1) is 12.2. The fourth-order valence-electron chi connectivity index (χ4n) is 2.82. The molecule has 0 unspecified atom stereocenters. The summed E-state index contributed by atoms with van der Waals surface area (Å²) >= 11 is 0. The molecule has 0 spiro atoms. The number of nitrogens with one attached hydrogen (secondary N) is 1. The Bertz CT molecular complexity index is 360.